The van der Waals surface area contributed by atoms with E-state index in [0.29, 0.717) is 31.6 Å². The number of aromatic nitrogens is 2. The summed E-state index contributed by atoms with van der Waals surface area (Å²) in [5.74, 6) is 0.876. The normalized spacial score (nSPS) is 16.4. The van der Waals surface area contributed by atoms with Gasteiger partial charge in [0.05, 0.1) is 11.8 Å². The van der Waals surface area contributed by atoms with Crippen LogP contribution in [0.2, 0.25) is 0 Å². The summed E-state index contributed by atoms with van der Waals surface area (Å²) in [4.78, 5) is 13.2. The second-order valence-electron chi connectivity index (χ2n) is 6.75. The average Bonchev–Trinajstić information content (AvgIpc) is 3.02. The van der Waals surface area contributed by atoms with E-state index in [9.17, 15) is 18.0 Å². The second kappa shape index (κ2) is 7.46. The third kappa shape index (κ3) is 4.32. The van der Waals surface area contributed by atoms with Gasteiger partial charge in [0.15, 0.2) is 0 Å². The molecule has 3 rings (SSSR count). The highest BCUT2D eigenvalue weighted by Gasteiger charge is 2.30. The van der Waals surface area contributed by atoms with Crippen LogP contribution in [0.1, 0.15) is 16.7 Å². The molecule has 8 heteroatoms. The first-order valence-corrected chi connectivity index (χ1v) is 8.60. The van der Waals surface area contributed by atoms with Crippen molar-refractivity contribution >= 4 is 11.7 Å². The van der Waals surface area contributed by atoms with Gasteiger partial charge in [-0.25, -0.2) is 4.68 Å². The molecule has 2 heterocycles. The van der Waals surface area contributed by atoms with Crippen LogP contribution in [0.25, 0.3) is 0 Å². The van der Waals surface area contributed by atoms with E-state index < -0.39 is 11.7 Å². The SMILES string of the molecule is C=CC(=O)N(C)CC1CNc2c(Cc3cccc(C(F)(F)F)c3)cnn2C1. The van der Waals surface area contributed by atoms with Crippen molar-refractivity contribution < 1.29 is 18.0 Å². The van der Waals surface area contributed by atoms with Crippen LogP contribution in [0.15, 0.2) is 43.1 Å². The number of hydrogen-bond acceptors (Lipinski definition) is 3. The molecule has 5 nitrogen and oxygen atoms in total. The van der Waals surface area contributed by atoms with E-state index in [4.69, 9.17) is 0 Å². The quantitative estimate of drug-likeness (QED) is 0.813. The number of carbonyl (C=O) groups excluding carboxylic acids is 1. The van der Waals surface area contributed by atoms with Crippen LogP contribution in [0, 0.1) is 5.92 Å². The smallest absolute Gasteiger partial charge is 0.370 e. The summed E-state index contributed by atoms with van der Waals surface area (Å²) in [7, 11) is 1.72. The van der Waals surface area contributed by atoms with Gasteiger partial charge in [-0.3, -0.25) is 4.79 Å². The molecule has 1 aromatic heterocycles. The number of anilines is 1. The predicted molar refractivity (Wildman–Crippen MR) is 96.3 cm³/mol. The van der Waals surface area contributed by atoms with E-state index in [1.807, 2.05) is 4.68 Å². The van der Waals surface area contributed by atoms with Gasteiger partial charge in [-0.15, -0.1) is 0 Å². The first-order valence-electron chi connectivity index (χ1n) is 8.60. The largest absolute Gasteiger partial charge is 0.416 e. The van der Waals surface area contributed by atoms with Gasteiger partial charge in [-0.05, 0) is 17.7 Å². The molecule has 1 N–H and O–H groups in total. The Morgan fingerprint density at radius 3 is 2.96 bits per heavy atom. The summed E-state index contributed by atoms with van der Waals surface area (Å²) in [6.07, 6.45) is -1.02. The fourth-order valence-electron chi connectivity index (χ4n) is 3.28. The summed E-state index contributed by atoms with van der Waals surface area (Å²) < 4.78 is 40.5. The fourth-order valence-corrected chi connectivity index (χ4v) is 3.28. The molecule has 1 aliphatic rings. The van der Waals surface area contributed by atoms with E-state index >= 15 is 0 Å². The Morgan fingerprint density at radius 2 is 2.26 bits per heavy atom. The number of alkyl halides is 3. The number of halogens is 3. The number of benzene rings is 1. The van der Waals surface area contributed by atoms with Gasteiger partial charge < -0.3 is 10.2 Å². The van der Waals surface area contributed by atoms with Gasteiger partial charge in [0, 0.05) is 44.6 Å². The van der Waals surface area contributed by atoms with Crippen LogP contribution in [0.4, 0.5) is 19.0 Å². The Labute approximate surface area is 155 Å². The molecule has 0 saturated carbocycles. The number of likely N-dealkylation sites (N-methyl/N-ethyl adjacent to an activating group) is 1. The lowest BCUT2D eigenvalue weighted by Crippen LogP contribution is -2.38. The van der Waals surface area contributed by atoms with Crippen molar-refractivity contribution in [1.29, 1.82) is 0 Å². The lowest BCUT2D eigenvalue weighted by atomic mass is 10.0. The molecule has 0 radical (unpaired) electrons. The average molecular weight is 378 g/mol. The minimum Gasteiger partial charge on any atom is -0.370 e. The number of hydrogen-bond donors (Lipinski definition) is 1. The Bertz CT molecular complexity index is 844. The maximum atomic E-state index is 12.9. The Morgan fingerprint density at radius 1 is 1.48 bits per heavy atom. The van der Waals surface area contributed by atoms with Gasteiger partial charge in [0.2, 0.25) is 5.91 Å². The number of carbonyl (C=O) groups is 1. The Hall–Kier alpha value is -2.77. The van der Waals surface area contributed by atoms with E-state index in [0.717, 1.165) is 17.4 Å². The Balaban J connectivity index is 1.70. The first kappa shape index (κ1) is 19.0. The maximum Gasteiger partial charge on any atom is 0.416 e. The molecule has 1 unspecified atom stereocenters. The standard InChI is InChI=1S/C19H21F3N4O/c1-3-17(27)25(2)11-14-9-23-18-15(10-24-26(18)12-14)7-13-5-4-6-16(8-13)19(20,21)22/h3-6,8,10,14,23H,1,7,9,11-12H2,2H3. The summed E-state index contributed by atoms with van der Waals surface area (Å²) in [6.45, 7) is 5.35. The molecule has 1 atom stereocenters. The topological polar surface area (TPSA) is 50.2 Å². The molecule has 1 aliphatic heterocycles. The highest BCUT2D eigenvalue weighted by atomic mass is 19.4. The lowest BCUT2D eigenvalue weighted by molar-refractivity contribution is -0.137. The molecule has 27 heavy (non-hydrogen) atoms. The molecule has 0 fully saturated rings. The first-order chi connectivity index (χ1) is 12.8. The third-order valence-corrected chi connectivity index (χ3v) is 4.64. The van der Waals surface area contributed by atoms with Crippen LogP contribution in [-0.4, -0.2) is 40.7 Å². The monoisotopic (exact) mass is 378 g/mol. The van der Waals surface area contributed by atoms with Crippen molar-refractivity contribution in [3.63, 3.8) is 0 Å². The van der Waals surface area contributed by atoms with E-state index in [-0.39, 0.29) is 11.8 Å². The lowest BCUT2D eigenvalue weighted by Gasteiger charge is -2.29. The second-order valence-corrected chi connectivity index (χ2v) is 6.75. The van der Waals surface area contributed by atoms with Gasteiger partial charge in [-0.1, -0.05) is 24.8 Å². The zero-order valence-corrected chi connectivity index (χ0v) is 15.0. The van der Waals surface area contributed by atoms with Crippen LogP contribution in [0.5, 0.6) is 0 Å². The number of nitrogens with one attached hydrogen (secondary N) is 1. The molecule has 0 aliphatic carbocycles. The summed E-state index contributed by atoms with van der Waals surface area (Å²) in [5.41, 5.74) is 0.785. The molecular formula is C19H21F3N4O. The molecule has 1 aromatic carbocycles. The van der Waals surface area contributed by atoms with E-state index in [2.05, 4.69) is 17.0 Å². The number of amides is 1. The van der Waals surface area contributed by atoms with Gasteiger partial charge in [0.25, 0.3) is 0 Å². The van der Waals surface area contributed by atoms with Gasteiger partial charge in [-0.2, -0.15) is 18.3 Å². The zero-order chi connectivity index (χ0) is 19.6. The third-order valence-electron chi connectivity index (χ3n) is 4.64. The molecule has 2 aromatic rings. The summed E-state index contributed by atoms with van der Waals surface area (Å²) >= 11 is 0. The summed E-state index contributed by atoms with van der Waals surface area (Å²) in [6, 6.07) is 5.34. The molecule has 0 bridgehead atoms. The summed E-state index contributed by atoms with van der Waals surface area (Å²) in [5, 5.41) is 7.66. The molecule has 0 saturated heterocycles. The van der Waals surface area contributed by atoms with Crippen molar-refractivity contribution in [2.75, 3.05) is 25.5 Å². The number of fused-ring (bicyclic) bond motifs is 1. The van der Waals surface area contributed by atoms with Crippen molar-refractivity contribution in [3.05, 3.63) is 59.8 Å². The van der Waals surface area contributed by atoms with Crippen LogP contribution >= 0.6 is 0 Å². The number of nitrogens with zero attached hydrogens (tertiary/aromatic N) is 3. The highest BCUT2D eigenvalue weighted by molar-refractivity contribution is 5.86. The van der Waals surface area contributed by atoms with E-state index in [1.165, 1.54) is 18.2 Å². The molecular weight excluding hydrogens is 357 g/mol. The fraction of sp³-hybridized carbons (Fsp3) is 0.368. The molecule has 144 valence electrons. The number of rotatable bonds is 5. The van der Waals surface area contributed by atoms with Crippen molar-refractivity contribution in [3.8, 4) is 0 Å². The minimum atomic E-state index is -4.35. The van der Waals surface area contributed by atoms with Crippen LogP contribution in [-0.2, 0) is 23.9 Å². The van der Waals surface area contributed by atoms with Gasteiger partial charge >= 0.3 is 6.18 Å². The van der Waals surface area contributed by atoms with Crippen LogP contribution < -0.4 is 5.32 Å². The zero-order valence-electron chi connectivity index (χ0n) is 15.0. The molecule has 0 spiro atoms. The van der Waals surface area contributed by atoms with Gasteiger partial charge in [0.1, 0.15) is 5.82 Å². The van der Waals surface area contributed by atoms with Crippen molar-refractivity contribution in [2.45, 2.75) is 19.1 Å². The van der Waals surface area contributed by atoms with Crippen molar-refractivity contribution in [1.82, 2.24) is 14.7 Å². The highest BCUT2D eigenvalue weighted by Crippen LogP contribution is 2.31. The Kier molecular flexibility index (Phi) is 5.25. The van der Waals surface area contributed by atoms with Crippen molar-refractivity contribution in [2.24, 2.45) is 5.92 Å². The van der Waals surface area contributed by atoms with Crippen LogP contribution in [0.3, 0.4) is 0 Å². The predicted octanol–water partition coefficient (Wildman–Crippen LogP) is 3.18. The minimum absolute atomic E-state index is 0.133. The maximum absolute atomic E-state index is 12.9. The van der Waals surface area contributed by atoms with E-state index in [1.54, 1.807) is 24.2 Å². The molecule has 1 amide bonds.